The summed E-state index contributed by atoms with van der Waals surface area (Å²) in [5.41, 5.74) is 0. The Morgan fingerprint density at radius 2 is 1.00 bits per heavy atom. The van der Waals surface area contributed by atoms with Crippen LogP contribution in [0, 0.1) is 0 Å². The fourth-order valence-electron chi connectivity index (χ4n) is 0.392. The molecule has 0 rings (SSSR count). The summed E-state index contributed by atoms with van der Waals surface area (Å²) in [6.07, 6.45) is -16.5. The first-order chi connectivity index (χ1) is 9.02. The number of alkyl halides is 13. The van der Waals surface area contributed by atoms with Crippen LogP contribution in [0.1, 0.15) is 0 Å². The molecule has 0 aromatic rings. The Hall–Kier alpha value is -0.950. The second-order valence-electron chi connectivity index (χ2n) is 2.69. The van der Waals surface area contributed by atoms with Gasteiger partial charge in [0.2, 0.25) is 0 Å². The van der Waals surface area contributed by atoms with Crippen LogP contribution < -0.4 is 0 Å². The Kier molecular flexibility index (Phi) is 10.9. The number of rotatable bonds is 3. The van der Waals surface area contributed by atoms with E-state index in [4.69, 9.17) is 0 Å². The molecular formula is C7H7F13O. The maximum absolute atomic E-state index is 12.3. The van der Waals surface area contributed by atoms with Gasteiger partial charge in [-0.05, 0) is 0 Å². The van der Waals surface area contributed by atoms with Gasteiger partial charge < -0.3 is 4.74 Å². The average molecular weight is 354 g/mol. The van der Waals surface area contributed by atoms with E-state index in [0.717, 1.165) is 0 Å². The quantitative estimate of drug-likeness (QED) is 0.660. The zero-order valence-electron chi connectivity index (χ0n) is 9.74. The molecular weight excluding hydrogens is 347 g/mol. The molecule has 0 bridgehead atoms. The molecule has 0 fully saturated rings. The van der Waals surface area contributed by atoms with E-state index < -0.39 is 37.9 Å². The summed E-state index contributed by atoms with van der Waals surface area (Å²) >= 11 is 0. The predicted molar refractivity (Wildman–Crippen MR) is 42.1 cm³/mol. The lowest BCUT2D eigenvalue weighted by Crippen LogP contribution is -2.47. The van der Waals surface area contributed by atoms with E-state index in [2.05, 4.69) is 4.74 Å². The summed E-state index contributed by atoms with van der Waals surface area (Å²) < 4.78 is 144. The molecule has 0 spiro atoms. The first-order valence-electron chi connectivity index (χ1n) is 4.17. The maximum atomic E-state index is 12.3. The van der Waals surface area contributed by atoms with Crippen molar-refractivity contribution in [1.29, 1.82) is 0 Å². The van der Waals surface area contributed by atoms with Gasteiger partial charge in [-0.3, -0.25) is 4.39 Å². The van der Waals surface area contributed by atoms with Crippen LogP contribution in [0.5, 0.6) is 0 Å². The van der Waals surface area contributed by atoms with Gasteiger partial charge in [0, 0.05) is 0 Å². The summed E-state index contributed by atoms with van der Waals surface area (Å²) in [6.45, 7) is -5.24. The van der Waals surface area contributed by atoms with E-state index in [1.165, 1.54) is 0 Å². The van der Waals surface area contributed by atoms with E-state index in [-0.39, 0.29) is 0 Å². The van der Waals surface area contributed by atoms with Crippen molar-refractivity contribution in [3.8, 4) is 0 Å². The van der Waals surface area contributed by atoms with Crippen molar-refractivity contribution in [1.82, 2.24) is 0 Å². The van der Waals surface area contributed by atoms with Crippen LogP contribution in [-0.4, -0.2) is 45.1 Å². The second kappa shape index (κ2) is 9.15. The number of hydrogen-bond acceptors (Lipinski definition) is 1. The molecule has 132 valence electrons. The van der Waals surface area contributed by atoms with Gasteiger partial charge in [-0.25, -0.2) is 4.39 Å². The molecule has 0 aliphatic heterocycles. The topological polar surface area (TPSA) is 9.23 Å². The van der Waals surface area contributed by atoms with E-state index in [0.29, 0.717) is 7.18 Å². The molecule has 0 heterocycles. The highest BCUT2D eigenvalue weighted by molar-refractivity contribution is 4.77. The van der Waals surface area contributed by atoms with Gasteiger partial charge in [0.1, 0.15) is 6.61 Å². The smallest absolute Gasteiger partial charge is 0.327 e. The minimum absolute atomic E-state index is 0.500. The van der Waals surface area contributed by atoms with Crippen molar-refractivity contribution in [2.24, 2.45) is 0 Å². The van der Waals surface area contributed by atoms with Crippen molar-refractivity contribution in [3.63, 3.8) is 0 Å². The molecule has 0 saturated heterocycles. The summed E-state index contributed by atoms with van der Waals surface area (Å²) in [4.78, 5) is 0. The van der Waals surface area contributed by atoms with Crippen molar-refractivity contribution < 1.29 is 61.8 Å². The Morgan fingerprint density at radius 3 is 1.14 bits per heavy atom. The molecule has 0 aromatic carbocycles. The van der Waals surface area contributed by atoms with E-state index in [1.54, 1.807) is 0 Å². The molecule has 0 aliphatic carbocycles. The highest BCUT2D eigenvalue weighted by Crippen LogP contribution is 2.36. The third-order valence-corrected chi connectivity index (χ3v) is 1.06. The van der Waals surface area contributed by atoms with Gasteiger partial charge >= 0.3 is 24.6 Å². The van der Waals surface area contributed by atoms with Gasteiger partial charge in [0.25, 0.3) is 0 Å². The summed E-state index contributed by atoms with van der Waals surface area (Å²) in [5.74, 6) is -4.90. The van der Waals surface area contributed by atoms with Gasteiger partial charge in [0.05, 0.1) is 7.18 Å². The molecule has 14 heteroatoms. The monoisotopic (exact) mass is 354 g/mol. The second-order valence-corrected chi connectivity index (χ2v) is 2.69. The van der Waals surface area contributed by atoms with E-state index >= 15 is 0 Å². The molecule has 1 nitrogen and oxygen atoms in total. The largest absolute Gasteiger partial charge is 0.559 e. The summed E-state index contributed by atoms with van der Waals surface area (Å²) in [7, 11) is 0.500. The van der Waals surface area contributed by atoms with Crippen molar-refractivity contribution in [2.45, 2.75) is 24.6 Å². The first kappa shape index (κ1) is 25.0. The van der Waals surface area contributed by atoms with Crippen LogP contribution in [0.15, 0.2) is 0 Å². The van der Waals surface area contributed by atoms with Gasteiger partial charge in [-0.15, -0.1) is 17.6 Å². The fraction of sp³-hybridized carbons (Fsp3) is 1.00. The first-order valence-corrected chi connectivity index (χ1v) is 4.17. The standard InChI is InChI=1S/C5H4F8O.CF4.CH3F/c6-1-3(7,5(11,12)13)14-2-4(8,9)10;2-1(3,4)5;1-2/h1-2H2;;1H3. The third-order valence-electron chi connectivity index (χ3n) is 1.06. The predicted octanol–water partition coefficient (Wildman–Crippen LogP) is 4.82. The van der Waals surface area contributed by atoms with Crippen molar-refractivity contribution >= 4 is 0 Å². The molecule has 1 unspecified atom stereocenters. The minimum Gasteiger partial charge on any atom is -0.327 e. The van der Waals surface area contributed by atoms with Crippen LogP contribution in [0.3, 0.4) is 0 Å². The molecule has 1 atom stereocenters. The Bertz CT molecular complexity index is 247. The van der Waals surface area contributed by atoms with Gasteiger partial charge in [-0.2, -0.15) is 30.7 Å². The van der Waals surface area contributed by atoms with Gasteiger partial charge in [-0.1, -0.05) is 0 Å². The average Bonchev–Trinajstić information content (AvgIpc) is 2.24. The van der Waals surface area contributed by atoms with Crippen LogP contribution in [0.4, 0.5) is 57.1 Å². The van der Waals surface area contributed by atoms with Crippen LogP contribution in [0.2, 0.25) is 0 Å². The molecule has 0 saturated carbocycles. The van der Waals surface area contributed by atoms with Crippen molar-refractivity contribution in [2.75, 3.05) is 20.5 Å². The highest BCUT2D eigenvalue weighted by Gasteiger charge is 2.59. The van der Waals surface area contributed by atoms with Crippen LogP contribution >= 0.6 is 0 Å². The van der Waals surface area contributed by atoms with Crippen LogP contribution in [-0.2, 0) is 4.74 Å². The molecule has 0 aromatic heterocycles. The number of ether oxygens (including phenoxy) is 1. The summed E-state index contributed by atoms with van der Waals surface area (Å²) in [6, 6.07) is 0. The third kappa shape index (κ3) is 17.0. The Balaban J connectivity index is -0.000000389. The lowest BCUT2D eigenvalue weighted by molar-refractivity contribution is -0.354. The highest BCUT2D eigenvalue weighted by atomic mass is 19.5. The minimum atomic E-state index is -5.84. The number of hydrogen-bond donors (Lipinski definition) is 0. The zero-order chi connectivity index (χ0) is 18.1. The fourth-order valence-corrected chi connectivity index (χ4v) is 0.392. The van der Waals surface area contributed by atoms with Gasteiger partial charge in [0.15, 0.2) is 6.67 Å². The maximum Gasteiger partial charge on any atom is 0.559 e. The van der Waals surface area contributed by atoms with Crippen molar-refractivity contribution in [3.05, 3.63) is 0 Å². The normalized spacial score (nSPS) is 15.1. The molecule has 0 amide bonds. The lowest BCUT2D eigenvalue weighted by atomic mass is 10.3. The van der Waals surface area contributed by atoms with Crippen LogP contribution in [0.25, 0.3) is 0 Å². The molecule has 0 radical (unpaired) electrons. The molecule has 0 aliphatic rings. The lowest BCUT2D eigenvalue weighted by Gasteiger charge is -2.25. The Morgan fingerprint density at radius 1 is 0.714 bits per heavy atom. The van der Waals surface area contributed by atoms with E-state index in [1.807, 2.05) is 0 Å². The Labute approximate surface area is 108 Å². The molecule has 0 N–H and O–H groups in total. The number of halogens is 13. The SMILES string of the molecule is CF.FC(F)(F)F.FCC(F)(OCC(F)(F)F)C(F)(F)F. The summed E-state index contributed by atoms with van der Waals surface area (Å²) in [5, 5.41) is 0. The van der Waals surface area contributed by atoms with E-state index in [9.17, 15) is 57.1 Å². The zero-order valence-corrected chi connectivity index (χ0v) is 9.74. The molecule has 21 heavy (non-hydrogen) atoms.